The second-order valence-corrected chi connectivity index (χ2v) is 7.98. The van der Waals surface area contributed by atoms with Crippen molar-refractivity contribution in [2.45, 2.75) is 24.4 Å². The first-order valence-corrected chi connectivity index (χ1v) is 9.71. The molecular formula is C17H20N2O6S. The van der Waals surface area contributed by atoms with Crippen LogP contribution in [-0.2, 0) is 29.5 Å². The van der Waals surface area contributed by atoms with Crippen molar-refractivity contribution in [3.05, 3.63) is 35.3 Å². The second kappa shape index (κ2) is 6.49. The lowest BCUT2D eigenvalue weighted by Gasteiger charge is -2.29. The van der Waals surface area contributed by atoms with E-state index in [9.17, 15) is 8.42 Å². The third-order valence-corrected chi connectivity index (χ3v) is 6.09. The summed E-state index contributed by atoms with van der Waals surface area (Å²) < 4.78 is 50.6. The van der Waals surface area contributed by atoms with E-state index in [0.29, 0.717) is 30.2 Å². The molecule has 0 unspecified atom stereocenters. The molecule has 0 fully saturated rings. The Kier molecular flexibility index (Phi) is 4.29. The fraction of sp³-hybridized carbons (Fsp3) is 0.412. The molecule has 26 heavy (non-hydrogen) atoms. The molecule has 140 valence electrons. The second-order valence-electron chi connectivity index (χ2n) is 6.28. The fourth-order valence-corrected chi connectivity index (χ4v) is 4.82. The maximum absolute atomic E-state index is 13.1. The van der Waals surface area contributed by atoms with Crippen LogP contribution in [0.4, 0.5) is 0 Å². The summed E-state index contributed by atoms with van der Waals surface area (Å²) in [4.78, 5) is 2.25. The third-order valence-electron chi connectivity index (χ3n) is 4.60. The zero-order valence-corrected chi connectivity index (χ0v) is 15.4. The van der Waals surface area contributed by atoms with Crippen molar-refractivity contribution in [2.75, 3.05) is 27.5 Å². The van der Waals surface area contributed by atoms with Crippen LogP contribution in [0, 0.1) is 0 Å². The maximum Gasteiger partial charge on any atom is 0.245 e. The Bertz CT molecular complexity index is 923. The van der Waals surface area contributed by atoms with Gasteiger partial charge in [0.05, 0.1) is 19.9 Å². The number of nitrogens with one attached hydrogen (secondary N) is 1. The van der Waals surface area contributed by atoms with E-state index in [1.54, 1.807) is 19.2 Å². The monoisotopic (exact) mass is 380 g/mol. The molecule has 4 rings (SSSR count). The lowest BCUT2D eigenvalue weighted by molar-refractivity contribution is 0.169. The van der Waals surface area contributed by atoms with Crippen LogP contribution in [0.2, 0.25) is 0 Å². The van der Waals surface area contributed by atoms with E-state index in [-0.39, 0.29) is 24.0 Å². The van der Waals surface area contributed by atoms with Crippen LogP contribution >= 0.6 is 0 Å². The summed E-state index contributed by atoms with van der Waals surface area (Å²) in [5.74, 6) is 1.64. The van der Waals surface area contributed by atoms with Crippen molar-refractivity contribution in [3.8, 4) is 17.2 Å². The summed E-state index contributed by atoms with van der Waals surface area (Å²) in [6.07, 6.45) is 2.08. The number of hydrogen-bond acceptors (Lipinski definition) is 7. The molecule has 0 spiro atoms. The average molecular weight is 380 g/mol. The number of ether oxygens (including phenoxy) is 3. The number of nitrogens with zero attached hydrogens (tertiary/aromatic N) is 1. The minimum absolute atomic E-state index is 0.0366. The van der Waals surface area contributed by atoms with Gasteiger partial charge in [-0.25, -0.2) is 13.1 Å². The van der Waals surface area contributed by atoms with E-state index in [0.717, 1.165) is 17.7 Å². The lowest BCUT2D eigenvalue weighted by Crippen LogP contribution is -2.31. The molecule has 2 aliphatic rings. The van der Waals surface area contributed by atoms with Crippen LogP contribution in [0.25, 0.3) is 0 Å². The van der Waals surface area contributed by atoms with Crippen LogP contribution < -0.4 is 18.9 Å². The summed E-state index contributed by atoms with van der Waals surface area (Å²) in [6, 6.07) is 3.42. The first kappa shape index (κ1) is 17.2. The number of methoxy groups -OCH3 is 1. The molecule has 2 aliphatic heterocycles. The molecule has 0 saturated carbocycles. The van der Waals surface area contributed by atoms with Crippen molar-refractivity contribution < 1.29 is 27.0 Å². The molecule has 1 aromatic carbocycles. The van der Waals surface area contributed by atoms with Gasteiger partial charge >= 0.3 is 0 Å². The van der Waals surface area contributed by atoms with Crippen LogP contribution in [0.1, 0.15) is 16.9 Å². The number of fused-ring (bicyclic) bond motifs is 2. The van der Waals surface area contributed by atoms with E-state index in [2.05, 4.69) is 9.62 Å². The number of hydrogen-bond donors (Lipinski definition) is 1. The molecule has 3 heterocycles. The highest BCUT2D eigenvalue weighted by molar-refractivity contribution is 7.89. The number of benzene rings is 1. The molecule has 8 nitrogen and oxygen atoms in total. The molecule has 1 aromatic heterocycles. The van der Waals surface area contributed by atoms with Gasteiger partial charge in [-0.1, -0.05) is 0 Å². The van der Waals surface area contributed by atoms with Crippen LogP contribution in [0.15, 0.2) is 27.7 Å². The van der Waals surface area contributed by atoms with E-state index < -0.39 is 10.0 Å². The van der Waals surface area contributed by atoms with E-state index in [4.69, 9.17) is 18.6 Å². The van der Waals surface area contributed by atoms with Crippen molar-refractivity contribution in [1.82, 2.24) is 9.62 Å². The molecule has 0 bridgehead atoms. The van der Waals surface area contributed by atoms with Crippen molar-refractivity contribution in [1.29, 1.82) is 0 Å². The van der Waals surface area contributed by atoms with Crippen LogP contribution in [0.3, 0.4) is 0 Å². The molecule has 0 saturated heterocycles. The number of rotatable bonds is 5. The van der Waals surface area contributed by atoms with Gasteiger partial charge in [-0.05, 0) is 31.2 Å². The SMILES string of the molecule is COc1c2c(c(S(=O)(=O)NCc3ccco3)c3c1OCO3)CCN(C)C2. The Hall–Kier alpha value is -2.23. The quantitative estimate of drug-likeness (QED) is 0.840. The van der Waals surface area contributed by atoms with Crippen LogP contribution in [0.5, 0.6) is 17.2 Å². The minimum atomic E-state index is -3.83. The van der Waals surface area contributed by atoms with E-state index >= 15 is 0 Å². The van der Waals surface area contributed by atoms with Gasteiger partial charge in [0.2, 0.25) is 22.6 Å². The Morgan fingerprint density at radius 3 is 2.81 bits per heavy atom. The molecule has 0 atom stereocenters. The topological polar surface area (TPSA) is 90.2 Å². The van der Waals surface area contributed by atoms with E-state index in [1.165, 1.54) is 6.26 Å². The van der Waals surface area contributed by atoms with Gasteiger partial charge in [-0.3, -0.25) is 0 Å². The summed E-state index contributed by atoms with van der Waals surface area (Å²) in [5.41, 5.74) is 1.54. The average Bonchev–Trinajstić information content (AvgIpc) is 3.29. The molecule has 0 radical (unpaired) electrons. The van der Waals surface area contributed by atoms with E-state index in [1.807, 2.05) is 7.05 Å². The Morgan fingerprint density at radius 2 is 2.08 bits per heavy atom. The number of sulfonamides is 1. The summed E-state index contributed by atoms with van der Waals surface area (Å²) in [6.45, 7) is 1.35. The van der Waals surface area contributed by atoms with Gasteiger partial charge in [0.15, 0.2) is 11.5 Å². The zero-order valence-electron chi connectivity index (χ0n) is 14.6. The van der Waals surface area contributed by atoms with Gasteiger partial charge < -0.3 is 23.5 Å². The predicted octanol–water partition coefficient (Wildman–Crippen LogP) is 1.48. The van der Waals surface area contributed by atoms with Gasteiger partial charge in [0, 0.05) is 18.7 Å². The highest BCUT2D eigenvalue weighted by Gasteiger charge is 2.37. The highest BCUT2D eigenvalue weighted by atomic mass is 32.2. The molecular weight excluding hydrogens is 360 g/mol. The van der Waals surface area contributed by atoms with Crippen LogP contribution in [-0.4, -0.2) is 40.8 Å². The maximum atomic E-state index is 13.1. The summed E-state index contributed by atoms with van der Waals surface area (Å²) in [7, 11) is -0.301. The third kappa shape index (κ3) is 2.81. The lowest BCUT2D eigenvalue weighted by atomic mass is 9.97. The Labute approximate surface area is 151 Å². The molecule has 1 N–H and O–H groups in total. The summed E-state index contributed by atoms with van der Waals surface area (Å²) >= 11 is 0. The first-order chi connectivity index (χ1) is 12.5. The largest absolute Gasteiger partial charge is 0.492 e. The molecule has 0 amide bonds. The van der Waals surface area contributed by atoms with Gasteiger partial charge in [-0.15, -0.1) is 0 Å². The van der Waals surface area contributed by atoms with Gasteiger partial charge in [0.25, 0.3) is 0 Å². The fourth-order valence-electron chi connectivity index (χ4n) is 3.40. The summed E-state index contributed by atoms with van der Waals surface area (Å²) in [5, 5.41) is 0. The number of furan rings is 1. The Balaban J connectivity index is 1.83. The zero-order chi connectivity index (χ0) is 18.3. The Morgan fingerprint density at radius 1 is 1.27 bits per heavy atom. The van der Waals surface area contributed by atoms with Crippen molar-refractivity contribution in [2.24, 2.45) is 0 Å². The standard InChI is InChI=1S/C17H20N2O6S/c1-19-6-5-12-13(9-19)14(22-2)15-16(25-10-24-15)17(12)26(20,21)18-8-11-4-3-7-23-11/h3-4,7,18H,5-6,8-10H2,1-2H3. The van der Waals surface area contributed by atoms with Crippen molar-refractivity contribution in [3.63, 3.8) is 0 Å². The smallest absolute Gasteiger partial charge is 0.245 e. The molecule has 0 aliphatic carbocycles. The molecule has 2 aromatic rings. The molecule has 9 heteroatoms. The van der Waals surface area contributed by atoms with Gasteiger partial charge in [0.1, 0.15) is 10.7 Å². The minimum Gasteiger partial charge on any atom is -0.492 e. The van der Waals surface area contributed by atoms with Gasteiger partial charge in [-0.2, -0.15) is 0 Å². The van der Waals surface area contributed by atoms with Crippen molar-refractivity contribution >= 4 is 10.0 Å². The predicted molar refractivity (Wildman–Crippen MR) is 91.9 cm³/mol. The first-order valence-electron chi connectivity index (χ1n) is 8.23. The normalized spacial score (nSPS) is 16.5. The number of likely N-dealkylation sites (N-methyl/N-ethyl adjacent to an activating group) is 1. The highest BCUT2D eigenvalue weighted by Crippen LogP contribution is 2.51.